The van der Waals surface area contributed by atoms with E-state index in [1.165, 1.54) is 0 Å². The molecule has 0 bridgehead atoms. The quantitative estimate of drug-likeness (QED) is 0.871. The van der Waals surface area contributed by atoms with Gasteiger partial charge in [-0.3, -0.25) is 0 Å². The van der Waals surface area contributed by atoms with Gasteiger partial charge in [-0.2, -0.15) is 0 Å². The van der Waals surface area contributed by atoms with Crippen molar-refractivity contribution in [3.8, 4) is 0 Å². The molecule has 0 spiro atoms. The van der Waals surface area contributed by atoms with E-state index in [1.807, 2.05) is 31.2 Å². The van der Waals surface area contributed by atoms with Crippen molar-refractivity contribution < 1.29 is 14.6 Å². The monoisotopic (exact) mass is 234 g/mol. The number of carbonyl (C=O) groups is 1. The molecule has 1 aromatic rings. The van der Waals surface area contributed by atoms with Gasteiger partial charge in [-0.25, -0.2) is 4.79 Å². The average Bonchev–Trinajstić information content (AvgIpc) is 2.23. The van der Waals surface area contributed by atoms with Crippen LogP contribution in [0.2, 0.25) is 0 Å². The molecule has 1 fully saturated rings. The van der Waals surface area contributed by atoms with Crippen LogP contribution in [0.25, 0.3) is 0 Å². The fourth-order valence-electron chi connectivity index (χ4n) is 2.16. The lowest BCUT2D eigenvalue weighted by molar-refractivity contribution is -0.179. The predicted octanol–water partition coefficient (Wildman–Crippen LogP) is 2.86. The van der Waals surface area contributed by atoms with Gasteiger partial charge in [0.15, 0.2) is 5.60 Å². The maximum absolute atomic E-state index is 11.5. The van der Waals surface area contributed by atoms with Crippen LogP contribution in [-0.2, 0) is 15.1 Å². The number of aryl methyl sites for hydroxylation is 1. The van der Waals surface area contributed by atoms with Crippen LogP contribution >= 0.6 is 0 Å². The summed E-state index contributed by atoms with van der Waals surface area (Å²) in [6.45, 7) is 3.57. The molecule has 17 heavy (non-hydrogen) atoms. The van der Waals surface area contributed by atoms with Gasteiger partial charge in [0.25, 0.3) is 0 Å². The van der Waals surface area contributed by atoms with Crippen molar-refractivity contribution in [3.05, 3.63) is 35.4 Å². The summed E-state index contributed by atoms with van der Waals surface area (Å²) in [5, 5.41) is 9.45. The summed E-state index contributed by atoms with van der Waals surface area (Å²) in [7, 11) is 0. The van der Waals surface area contributed by atoms with E-state index in [9.17, 15) is 9.90 Å². The molecule has 1 aliphatic carbocycles. The van der Waals surface area contributed by atoms with E-state index in [1.54, 1.807) is 6.92 Å². The van der Waals surface area contributed by atoms with Gasteiger partial charge in [0.05, 0.1) is 6.10 Å². The zero-order valence-electron chi connectivity index (χ0n) is 10.3. The minimum Gasteiger partial charge on any atom is -0.479 e. The summed E-state index contributed by atoms with van der Waals surface area (Å²) in [5.41, 5.74) is 0.479. The van der Waals surface area contributed by atoms with Crippen molar-refractivity contribution >= 4 is 5.97 Å². The van der Waals surface area contributed by atoms with Crippen molar-refractivity contribution in [2.75, 3.05) is 0 Å². The minimum absolute atomic E-state index is 0.0932. The van der Waals surface area contributed by atoms with Crippen LogP contribution in [0.1, 0.15) is 37.3 Å². The Morgan fingerprint density at radius 2 is 2.06 bits per heavy atom. The summed E-state index contributed by atoms with van der Waals surface area (Å²) < 4.78 is 5.80. The van der Waals surface area contributed by atoms with E-state index < -0.39 is 11.6 Å². The van der Waals surface area contributed by atoms with Crippen LogP contribution in [0.4, 0.5) is 0 Å². The largest absolute Gasteiger partial charge is 0.479 e. The Bertz CT molecular complexity index is 423. The third-order valence-corrected chi connectivity index (χ3v) is 3.52. The first kappa shape index (κ1) is 12.1. The highest BCUT2D eigenvalue weighted by molar-refractivity contribution is 5.79. The molecule has 0 saturated heterocycles. The number of aliphatic carboxylic acids is 1. The van der Waals surface area contributed by atoms with E-state index in [4.69, 9.17) is 4.74 Å². The van der Waals surface area contributed by atoms with Crippen LogP contribution in [0.3, 0.4) is 0 Å². The molecule has 2 rings (SSSR count). The number of hydrogen-bond acceptors (Lipinski definition) is 2. The first-order valence-corrected chi connectivity index (χ1v) is 6.01. The second kappa shape index (κ2) is 4.49. The zero-order chi connectivity index (χ0) is 12.5. The normalized spacial score (nSPS) is 19.4. The molecule has 1 aliphatic rings. The van der Waals surface area contributed by atoms with Crippen LogP contribution in [-0.4, -0.2) is 17.2 Å². The van der Waals surface area contributed by atoms with Crippen molar-refractivity contribution in [1.82, 2.24) is 0 Å². The van der Waals surface area contributed by atoms with Crippen molar-refractivity contribution in [2.24, 2.45) is 0 Å². The molecule has 1 N–H and O–H groups in total. The Balaban J connectivity index is 2.33. The van der Waals surface area contributed by atoms with Crippen LogP contribution < -0.4 is 0 Å². The van der Waals surface area contributed by atoms with Crippen LogP contribution in [0, 0.1) is 6.92 Å². The number of carboxylic acids is 1. The molecule has 3 heteroatoms. The van der Waals surface area contributed by atoms with Gasteiger partial charge in [0, 0.05) is 0 Å². The molecular formula is C14H18O3. The molecule has 3 nitrogen and oxygen atoms in total. The van der Waals surface area contributed by atoms with Crippen molar-refractivity contribution in [2.45, 2.75) is 44.8 Å². The maximum atomic E-state index is 11.5. The van der Waals surface area contributed by atoms with E-state index in [-0.39, 0.29) is 6.10 Å². The third kappa shape index (κ3) is 2.20. The lowest BCUT2D eigenvalue weighted by Crippen LogP contribution is -2.41. The highest BCUT2D eigenvalue weighted by atomic mass is 16.5. The van der Waals surface area contributed by atoms with Crippen LogP contribution in [0.5, 0.6) is 0 Å². The molecule has 1 saturated carbocycles. The lowest BCUT2D eigenvalue weighted by atomic mass is 9.89. The molecule has 1 atom stereocenters. The summed E-state index contributed by atoms with van der Waals surface area (Å²) in [4.78, 5) is 11.5. The van der Waals surface area contributed by atoms with Crippen LogP contribution in [0.15, 0.2) is 24.3 Å². The fourth-order valence-corrected chi connectivity index (χ4v) is 2.16. The Kier molecular flexibility index (Phi) is 3.20. The van der Waals surface area contributed by atoms with Gasteiger partial charge in [0.1, 0.15) is 0 Å². The molecule has 0 radical (unpaired) electrons. The fraction of sp³-hybridized carbons (Fsp3) is 0.500. The number of hydrogen-bond donors (Lipinski definition) is 1. The Labute approximate surface area is 101 Å². The van der Waals surface area contributed by atoms with Gasteiger partial charge in [-0.05, 0) is 44.2 Å². The summed E-state index contributed by atoms with van der Waals surface area (Å²) in [6, 6.07) is 7.51. The van der Waals surface area contributed by atoms with Gasteiger partial charge in [0.2, 0.25) is 0 Å². The zero-order valence-corrected chi connectivity index (χ0v) is 10.3. The molecule has 1 aromatic carbocycles. The average molecular weight is 234 g/mol. The molecule has 1 unspecified atom stereocenters. The SMILES string of the molecule is Cc1ccccc1C(C)(OC1CCC1)C(=O)O. The highest BCUT2D eigenvalue weighted by Crippen LogP contribution is 2.35. The maximum Gasteiger partial charge on any atom is 0.340 e. The molecule has 0 heterocycles. The highest BCUT2D eigenvalue weighted by Gasteiger charge is 2.40. The molecule has 0 aliphatic heterocycles. The minimum atomic E-state index is -1.23. The summed E-state index contributed by atoms with van der Waals surface area (Å²) >= 11 is 0. The van der Waals surface area contributed by atoms with Crippen molar-refractivity contribution in [1.29, 1.82) is 0 Å². The van der Waals surface area contributed by atoms with Gasteiger partial charge >= 0.3 is 5.97 Å². The van der Waals surface area contributed by atoms with Gasteiger partial charge < -0.3 is 9.84 Å². The number of benzene rings is 1. The first-order valence-electron chi connectivity index (χ1n) is 6.01. The number of carboxylic acid groups (broad SMARTS) is 1. The van der Waals surface area contributed by atoms with Gasteiger partial charge in [-0.15, -0.1) is 0 Å². The lowest BCUT2D eigenvalue weighted by Gasteiger charge is -2.35. The van der Waals surface area contributed by atoms with E-state index in [0.29, 0.717) is 0 Å². The molecule has 92 valence electrons. The summed E-state index contributed by atoms with van der Waals surface area (Å²) in [5.74, 6) is -0.918. The summed E-state index contributed by atoms with van der Waals surface area (Å²) in [6.07, 6.45) is 3.16. The third-order valence-electron chi connectivity index (χ3n) is 3.52. The van der Waals surface area contributed by atoms with E-state index >= 15 is 0 Å². The number of ether oxygens (including phenoxy) is 1. The first-order chi connectivity index (χ1) is 8.04. The molecule has 0 aromatic heterocycles. The Morgan fingerprint density at radius 1 is 1.41 bits per heavy atom. The standard InChI is InChI=1S/C14H18O3/c1-10-6-3-4-9-12(10)14(2,13(15)16)17-11-7-5-8-11/h3-4,6,9,11H,5,7-8H2,1-2H3,(H,15,16). The Morgan fingerprint density at radius 3 is 2.53 bits per heavy atom. The second-order valence-corrected chi connectivity index (χ2v) is 4.82. The van der Waals surface area contributed by atoms with E-state index in [2.05, 4.69) is 0 Å². The van der Waals surface area contributed by atoms with E-state index in [0.717, 1.165) is 30.4 Å². The second-order valence-electron chi connectivity index (χ2n) is 4.82. The van der Waals surface area contributed by atoms with Crippen molar-refractivity contribution in [3.63, 3.8) is 0 Å². The predicted molar refractivity (Wildman–Crippen MR) is 64.9 cm³/mol. The van der Waals surface area contributed by atoms with Gasteiger partial charge in [-0.1, -0.05) is 24.3 Å². The molecule has 0 amide bonds. The topological polar surface area (TPSA) is 46.5 Å². The smallest absolute Gasteiger partial charge is 0.340 e. The number of rotatable bonds is 4. The molecular weight excluding hydrogens is 216 g/mol. The Hall–Kier alpha value is -1.35.